The Balaban J connectivity index is 2.44. The van der Waals surface area contributed by atoms with Gasteiger partial charge >= 0.3 is 0 Å². The molecule has 2 nitrogen and oxygen atoms in total. The summed E-state index contributed by atoms with van der Waals surface area (Å²) in [4.78, 5) is 0. The van der Waals surface area contributed by atoms with Gasteiger partial charge in [-0.1, -0.05) is 20.3 Å². The second-order valence-corrected chi connectivity index (χ2v) is 3.85. The first-order valence-corrected chi connectivity index (χ1v) is 4.55. The molecule has 11 heavy (non-hydrogen) atoms. The van der Waals surface area contributed by atoms with E-state index in [0.717, 1.165) is 19.3 Å². The molecule has 3 N–H and O–H groups in total. The van der Waals surface area contributed by atoms with Gasteiger partial charge < -0.3 is 10.8 Å². The molecule has 0 radical (unpaired) electrons. The molecule has 0 heterocycles. The number of nitrogens with two attached hydrogens (primary N) is 1. The van der Waals surface area contributed by atoms with Crippen LogP contribution in [0.1, 0.15) is 33.1 Å². The normalized spacial score (nSPS) is 38.7. The van der Waals surface area contributed by atoms with Crippen LogP contribution in [0.5, 0.6) is 0 Å². The third kappa shape index (κ3) is 1.42. The highest BCUT2D eigenvalue weighted by atomic mass is 16.3. The first-order valence-electron chi connectivity index (χ1n) is 4.55. The lowest BCUT2D eigenvalue weighted by Gasteiger charge is -2.20. The fourth-order valence-electron chi connectivity index (χ4n) is 1.96. The van der Waals surface area contributed by atoms with Crippen LogP contribution in [0.4, 0.5) is 0 Å². The van der Waals surface area contributed by atoms with E-state index in [1.165, 1.54) is 0 Å². The summed E-state index contributed by atoms with van der Waals surface area (Å²) >= 11 is 0. The Hall–Kier alpha value is -0.0800. The number of rotatable bonds is 4. The van der Waals surface area contributed by atoms with E-state index in [1.807, 2.05) is 0 Å². The molecule has 0 aromatic heterocycles. The summed E-state index contributed by atoms with van der Waals surface area (Å²) in [7, 11) is 0. The Morgan fingerprint density at radius 2 is 2.27 bits per heavy atom. The van der Waals surface area contributed by atoms with Crippen LogP contribution >= 0.6 is 0 Å². The van der Waals surface area contributed by atoms with Gasteiger partial charge in [0.1, 0.15) is 0 Å². The highest BCUT2D eigenvalue weighted by Crippen LogP contribution is 2.54. The predicted molar refractivity (Wildman–Crippen MR) is 46.2 cm³/mol. The Morgan fingerprint density at radius 3 is 2.55 bits per heavy atom. The van der Waals surface area contributed by atoms with Crippen LogP contribution in [0.25, 0.3) is 0 Å². The van der Waals surface area contributed by atoms with Gasteiger partial charge in [-0.2, -0.15) is 0 Å². The summed E-state index contributed by atoms with van der Waals surface area (Å²) in [5.74, 6) is 0.633. The highest BCUT2D eigenvalue weighted by Gasteiger charge is 2.54. The topological polar surface area (TPSA) is 46.2 Å². The van der Waals surface area contributed by atoms with Crippen molar-refractivity contribution in [2.45, 2.75) is 39.2 Å². The average molecular weight is 157 g/mol. The molecule has 1 aliphatic carbocycles. The molecule has 0 unspecified atom stereocenters. The Kier molecular flexibility index (Phi) is 2.55. The zero-order valence-corrected chi connectivity index (χ0v) is 7.51. The van der Waals surface area contributed by atoms with Gasteiger partial charge in [-0.15, -0.1) is 0 Å². The zero-order chi connectivity index (χ0) is 8.48. The molecule has 1 aliphatic rings. The van der Waals surface area contributed by atoms with Crippen LogP contribution in [-0.2, 0) is 0 Å². The van der Waals surface area contributed by atoms with Crippen LogP contribution in [0.2, 0.25) is 0 Å². The number of aliphatic hydroxyl groups excluding tert-OH is 1. The third-order valence-corrected chi connectivity index (χ3v) is 3.11. The van der Waals surface area contributed by atoms with E-state index in [4.69, 9.17) is 5.73 Å². The molecule has 0 aromatic carbocycles. The lowest BCUT2D eigenvalue weighted by Crippen LogP contribution is -2.31. The maximum absolute atomic E-state index is 9.73. The average Bonchev–Trinajstić information content (AvgIpc) is 2.63. The van der Waals surface area contributed by atoms with E-state index in [0.29, 0.717) is 12.5 Å². The van der Waals surface area contributed by atoms with Crippen molar-refractivity contribution >= 4 is 0 Å². The molecule has 0 saturated heterocycles. The first kappa shape index (κ1) is 9.01. The second kappa shape index (κ2) is 3.11. The third-order valence-electron chi connectivity index (χ3n) is 3.11. The van der Waals surface area contributed by atoms with Crippen LogP contribution < -0.4 is 5.73 Å². The number of hydrogen-bond acceptors (Lipinski definition) is 2. The van der Waals surface area contributed by atoms with Crippen molar-refractivity contribution in [3.05, 3.63) is 0 Å². The summed E-state index contributed by atoms with van der Waals surface area (Å²) in [6, 6.07) is 0. The fraction of sp³-hybridized carbons (Fsp3) is 1.00. The zero-order valence-electron chi connectivity index (χ0n) is 7.51. The maximum Gasteiger partial charge on any atom is 0.0611 e. The molecule has 2 heteroatoms. The molecule has 0 aromatic rings. The molecular formula is C9H19NO. The van der Waals surface area contributed by atoms with Gasteiger partial charge in [0.05, 0.1) is 6.10 Å². The van der Waals surface area contributed by atoms with Crippen molar-refractivity contribution in [3.8, 4) is 0 Å². The van der Waals surface area contributed by atoms with Crippen molar-refractivity contribution in [2.75, 3.05) is 6.54 Å². The van der Waals surface area contributed by atoms with E-state index < -0.39 is 0 Å². The van der Waals surface area contributed by atoms with E-state index in [2.05, 4.69) is 13.8 Å². The largest absolute Gasteiger partial charge is 0.392 e. The molecular weight excluding hydrogens is 138 g/mol. The van der Waals surface area contributed by atoms with Crippen molar-refractivity contribution in [3.63, 3.8) is 0 Å². The minimum atomic E-state index is -0.160. The van der Waals surface area contributed by atoms with Crippen LogP contribution in [0.15, 0.2) is 0 Å². The quantitative estimate of drug-likeness (QED) is 0.642. The van der Waals surface area contributed by atoms with Gasteiger partial charge in [0, 0.05) is 12.0 Å². The minimum Gasteiger partial charge on any atom is -0.392 e. The van der Waals surface area contributed by atoms with Crippen molar-refractivity contribution in [1.82, 2.24) is 0 Å². The summed E-state index contributed by atoms with van der Waals surface area (Å²) in [5.41, 5.74) is 5.72. The molecule has 0 amide bonds. The SMILES string of the molecule is CCC[C@H](O)[C@]1(CN)C[C@H]1C. The smallest absolute Gasteiger partial charge is 0.0611 e. The molecule has 1 saturated carbocycles. The maximum atomic E-state index is 9.73. The molecule has 0 aliphatic heterocycles. The van der Waals surface area contributed by atoms with E-state index in [9.17, 15) is 5.11 Å². The first-order chi connectivity index (χ1) is 5.17. The summed E-state index contributed by atoms with van der Waals surface area (Å²) in [6.45, 7) is 4.92. The van der Waals surface area contributed by atoms with Gasteiger partial charge in [-0.3, -0.25) is 0 Å². The lowest BCUT2D eigenvalue weighted by molar-refractivity contribution is 0.0798. The molecule has 0 spiro atoms. The number of aliphatic hydroxyl groups is 1. The lowest BCUT2D eigenvalue weighted by atomic mass is 9.93. The van der Waals surface area contributed by atoms with Crippen molar-refractivity contribution in [2.24, 2.45) is 17.1 Å². The second-order valence-electron chi connectivity index (χ2n) is 3.85. The molecule has 3 atom stereocenters. The summed E-state index contributed by atoms with van der Waals surface area (Å²) in [6.07, 6.45) is 2.91. The number of hydrogen-bond donors (Lipinski definition) is 2. The van der Waals surface area contributed by atoms with Crippen LogP contribution in [0, 0.1) is 11.3 Å². The van der Waals surface area contributed by atoms with Crippen molar-refractivity contribution < 1.29 is 5.11 Å². The highest BCUT2D eigenvalue weighted by molar-refractivity contribution is 5.05. The molecule has 1 fully saturated rings. The summed E-state index contributed by atoms with van der Waals surface area (Å²) < 4.78 is 0. The predicted octanol–water partition coefficient (Wildman–Crippen LogP) is 1.13. The van der Waals surface area contributed by atoms with Gasteiger partial charge in [0.25, 0.3) is 0 Å². The van der Waals surface area contributed by atoms with E-state index >= 15 is 0 Å². The van der Waals surface area contributed by atoms with Crippen LogP contribution in [-0.4, -0.2) is 17.8 Å². The van der Waals surface area contributed by atoms with Gasteiger partial charge in [0.2, 0.25) is 0 Å². The fourth-order valence-corrected chi connectivity index (χ4v) is 1.96. The van der Waals surface area contributed by atoms with E-state index in [-0.39, 0.29) is 11.5 Å². The molecule has 66 valence electrons. The Bertz CT molecular complexity index is 134. The Labute approximate surface area is 68.8 Å². The van der Waals surface area contributed by atoms with Gasteiger partial charge in [0.15, 0.2) is 0 Å². The van der Waals surface area contributed by atoms with Crippen molar-refractivity contribution in [1.29, 1.82) is 0 Å². The van der Waals surface area contributed by atoms with Gasteiger partial charge in [-0.25, -0.2) is 0 Å². The monoisotopic (exact) mass is 157 g/mol. The molecule has 1 rings (SSSR count). The molecule has 0 bridgehead atoms. The van der Waals surface area contributed by atoms with Gasteiger partial charge in [-0.05, 0) is 18.8 Å². The van der Waals surface area contributed by atoms with Crippen LogP contribution in [0.3, 0.4) is 0 Å². The Morgan fingerprint density at radius 1 is 1.73 bits per heavy atom. The standard InChI is InChI=1S/C9H19NO/c1-3-4-8(11)9(6-10)5-7(9)2/h7-8,11H,3-6,10H2,1-2H3/t7-,8+,9+/m1/s1. The minimum absolute atomic E-state index is 0.0933. The van der Waals surface area contributed by atoms with E-state index in [1.54, 1.807) is 0 Å². The summed E-state index contributed by atoms with van der Waals surface area (Å²) in [5, 5.41) is 9.73.